The largest absolute Gasteiger partial charge is 0.300 e. The minimum Gasteiger partial charge on any atom is -0.300 e. The van der Waals surface area contributed by atoms with Crippen LogP contribution in [0.4, 0.5) is 0 Å². The highest BCUT2D eigenvalue weighted by atomic mass is 16.2. The lowest BCUT2D eigenvalue weighted by Gasteiger charge is -2.39. The number of imide groups is 1. The number of amides is 2. The monoisotopic (exact) mass is 208 g/mol. The van der Waals surface area contributed by atoms with Crippen molar-refractivity contribution >= 4 is 11.8 Å². The fourth-order valence-electron chi connectivity index (χ4n) is 3.39. The van der Waals surface area contributed by atoms with E-state index < -0.39 is 0 Å². The summed E-state index contributed by atoms with van der Waals surface area (Å²) in [5.74, 6) is -0.0921. The molecular formula is C11H16N2O2. The third-order valence-electron chi connectivity index (χ3n) is 4.24. The Bertz CT molecular complexity index is 329. The van der Waals surface area contributed by atoms with Crippen LogP contribution >= 0.6 is 0 Å². The second kappa shape index (κ2) is 3.04. The zero-order chi connectivity index (χ0) is 10.5. The fourth-order valence-corrected chi connectivity index (χ4v) is 3.39. The van der Waals surface area contributed by atoms with E-state index in [1.807, 2.05) is 0 Å². The van der Waals surface area contributed by atoms with Crippen molar-refractivity contribution in [1.82, 2.24) is 10.2 Å². The standard InChI is InChI=1S/C11H16N2O2/c14-9-7-11(10(15)12-9)3-5-13-4-1-2-8(13)6-11/h8H,1-7H2,(H,12,14,15). The first kappa shape index (κ1) is 9.33. The zero-order valence-electron chi connectivity index (χ0n) is 8.79. The lowest BCUT2D eigenvalue weighted by molar-refractivity contribution is -0.131. The van der Waals surface area contributed by atoms with Crippen molar-refractivity contribution < 1.29 is 9.59 Å². The number of piperidine rings is 1. The van der Waals surface area contributed by atoms with Gasteiger partial charge in [0, 0.05) is 12.5 Å². The van der Waals surface area contributed by atoms with Gasteiger partial charge >= 0.3 is 0 Å². The van der Waals surface area contributed by atoms with Crippen LogP contribution in [0.3, 0.4) is 0 Å². The van der Waals surface area contributed by atoms with Crippen molar-refractivity contribution in [2.45, 2.75) is 38.1 Å². The first-order valence-corrected chi connectivity index (χ1v) is 5.78. The van der Waals surface area contributed by atoms with Crippen molar-refractivity contribution in [2.75, 3.05) is 13.1 Å². The number of hydrogen-bond donors (Lipinski definition) is 1. The number of fused-ring (bicyclic) bond motifs is 1. The van der Waals surface area contributed by atoms with Crippen molar-refractivity contribution in [3.8, 4) is 0 Å². The third kappa shape index (κ3) is 1.31. The molecule has 3 aliphatic heterocycles. The molecule has 3 saturated heterocycles. The Morgan fingerprint density at radius 3 is 2.93 bits per heavy atom. The van der Waals surface area contributed by atoms with Crippen LogP contribution in [0.15, 0.2) is 0 Å². The molecule has 0 radical (unpaired) electrons. The molecule has 2 unspecified atom stereocenters. The highest BCUT2D eigenvalue weighted by molar-refractivity contribution is 6.05. The number of carbonyl (C=O) groups excluding carboxylic acids is 2. The average Bonchev–Trinajstić information content (AvgIpc) is 2.72. The molecule has 1 spiro atoms. The van der Waals surface area contributed by atoms with Gasteiger partial charge in [0.15, 0.2) is 0 Å². The molecule has 0 saturated carbocycles. The molecule has 3 aliphatic rings. The molecule has 0 aromatic heterocycles. The quantitative estimate of drug-likeness (QED) is 0.582. The van der Waals surface area contributed by atoms with Crippen molar-refractivity contribution in [3.05, 3.63) is 0 Å². The Morgan fingerprint density at radius 1 is 1.33 bits per heavy atom. The third-order valence-corrected chi connectivity index (χ3v) is 4.24. The van der Waals surface area contributed by atoms with Gasteiger partial charge < -0.3 is 4.90 Å². The summed E-state index contributed by atoms with van der Waals surface area (Å²) in [5.41, 5.74) is -0.345. The van der Waals surface area contributed by atoms with Crippen LogP contribution in [0.25, 0.3) is 0 Å². The number of nitrogens with zero attached hydrogens (tertiary/aromatic N) is 1. The van der Waals surface area contributed by atoms with Gasteiger partial charge in [-0.05, 0) is 38.8 Å². The highest BCUT2D eigenvalue weighted by Gasteiger charge is 2.51. The number of carbonyl (C=O) groups is 2. The predicted molar refractivity (Wildman–Crippen MR) is 54.0 cm³/mol. The number of hydrogen-bond acceptors (Lipinski definition) is 3. The van der Waals surface area contributed by atoms with Crippen molar-refractivity contribution in [2.24, 2.45) is 5.41 Å². The molecule has 0 aromatic carbocycles. The van der Waals surface area contributed by atoms with Gasteiger partial charge in [-0.1, -0.05) is 0 Å². The lowest BCUT2D eigenvalue weighted by atomic mass is 9.74. The summed E-state index contributed by atoms with van der Waals surface area (Å²) < 4.78 is 0. The summed E-state index contributed by atoms with van der Waals surface area (Å²) in [5, 5.41) is 2.46. The molecule has 4 nitrogen and oxygen atoms in total. The number of rotatable bonds is 0. The van der Waals surface area contributed by atoms with E-state index in [0.717, 1.165) is 19.4 Å². The first-order valence-electron chi connectivity index (χ1n) is 5.78. The second-order valence-electron chi connectivity index (χ2n) is 5.12. The molecule has 3 heterocycles. The van der Waals surface area contributed by atoms with Gasteiger partial charge in [0.25, 0.3) is 0 Å². The Kier molecular flexibility index (Phi) is 1.89. The van der Waals surface area contributed by atoms with E-state index in [0.29, 0.717) is 12.5 Å². The Balaban J connectivity index is 1.83. The molecule has 0 aliphatic carbocycles. The van der Waals surface area contributed by atoms with Crippen molar-refractivity contribution in [3.63, 3.8) is 0 Å². The summed E-state index contributed by atoms with van der Waals surface area (Å²) >= 11 is 0. The minimum atomic E-state index is -0.345. The van der Waals surface area contributed by atoms with Gasteiger partial charge in [-0.25, -0.2) is 0 Å². The van der Waals surface area contributed by atoms with E-state index in [1.54, 1.807) is 0 Å². The molecule has 3 rings (SSSR count). The van der Waals surface area contributed by atoms with E-state index in [4.69, 9.17) is 0 Å². The smallest absolute Gasteiger partial charge is 0.233 e. The van der Waals surface area contributed by atoms with Crippen LogP contribution in [0.1, 0.15) is 32.1 Å². The second-order valence-corrected chi connectivity index (χ2v) is 5.12. The van der Waals surface area contributed by atoms with E-state index >= 15 is 0 Å². The molecule has 4 heteroatoms. The maximum atomic E-state index is 11.8. The van der Waals surface area contributed by atoms with Gasteiger partial charge in [0.2, 0.25) is 11.8 Å². The molecule has 15 heavy (non-hydrogen) atoms. The topological polar surface area (TPSA) is 49.4 Å². The molecule has 0 bridgehead atoms. The predicted octanol–water partition coefficient (Wildman–Crippen LogP) is 0.278. The lowest BCUT2D eigenvalue weighted by Crippen LogP contribution is -2.46. The molecule has 0 aromatic rings. The van der Waals surface area contributed by atoms with Crippen LogP contribution in [-0.2, 0) is 9.59 Å². The van der Waals surface area contributed by atoms with Crippen LogP contribution in [0, 0.1) is 5.41 Å². The van der Waals surface area contributed by atoms with E-state index in [1.165, 1.54) is 19.4 Å². The van der Waals surface area contributed by atoms with E-state index in [-0.39, 0.29) is 17.2 Å². The normalized spacial score (nSPS) is 40.9. The van der Waals surface area contributed by atoms with Crippen molar-refractivity contribution in [1.29, 1.82) is 0 Å². The summed E-state index contributed by atoms with van der Waals surface area (Å²) in [6.45, 7) is 2.17. The SMILES string of the molecule is O=C1CC2(CCN3CCCC3C2)C(=O)N1. The Hall–Kier alpha value is -0.900. The number of nitrogens with one attached hydrogen (secondary N) is 1. The summed E-state index contributed by atoms with van der Waals surface area (Å²) in [6, 6.07) is 0.551. The maximum absolute atomic E-state index is 11.8. The van der Waals surface area contributed by atoms with Gasteiger partial charge in [-0.3, -0.25) is 14.9 Å². The molecule has 2 amide bonds. The van der Waals surface area contributed by atoms with Gasteiger partial charge in [0.05, 0.1) is 5.41 Å². The maximum Gasteiger partial charge on any atom is 0.233 e. The van der Waals surface area contributed by atoms with Crippen LogP contribution in [0.2, 0.25) is 0 Å². The molecule has 3 fully saturated rings. The molecular weight excluding hydrogens is 192 g/mol. The zero-order valence-corrected chi connectivity index (χ0v) is 8.79. The average molecular weight is 208 g/mol. The van der Waals surface area contributed by atoms with E-state index in [9.17, 15) is 9.59 Å². The summed E-state index contributed by atoms with van der Waals surface area (Å²) in [6.07, 6.45) is 4.63. The molecule has 2 atom stereocenters. The van der Waals surface area contributed by atoms with Gasteiger partial charge in [0.1, 0.15) is 0 Å². The van der Waals surface area contributed by atoms with E-state index in [2.05, 4.69) is 10.2 Å². The van der Waals surface area contributed by atoms with Gasteiger partial charge in [-0.15, -0.1) is 0 Å². The molecule has 82 valence electrons. The fraction of sp³-hybridized carbons (Fsp3) is 0.818. The van der Waals surface area contributed by atoms with Crippen LogP contribution in [0.5, 0.6) is 0 Å². The molecule has 1 N–H and O–H groups in total. The first-order chi connectivity index (χ1) is 7.20. The minimum absolute atomic E-state index is 0.0148. The summed E-state index contributed by atoms with van der Waals surface area (Å²) in [7, 11) is 0. The van der Waals surface area contributed by atoms with Crippen LogP contribution in [-0.4, -0.2) is 35.8 Å². The Labute approximate surface area is 89.0 Å². The van der Waals surface area contributed by atoms with Crippen LogP contribution < -0.4 is 5.32 Å². The van der Waals surface area contributed by atoms with Gasteiger partial charge in [-0.2, -0.15) is 0 Å². The highest BCUT2D eigenvalue weighted by Crippen LogP contribution is 2.43. The summed E-state index contributed by atoms with van der Waals surface area (Å²) in [4.78, 5) is 25.5. The Morgan fingerprint density at radius 2 is 2.20 bits per heavy atom.